The maximum Gasteiger partial charge on any atom is 0.196 e. The van der Waals surface area contributed by atoms with E-state index in [0.717, 1.165) is 31.7 Å². The molecule has 2 aromatic rings. The van der Waals surface area contributed by atoms with Gasteiger partial charge < -0.3 is 9.32 Å². The molecule has 2 heterocycles. The summed E-state index contributed by atoms with van der Waals surface area (Å²) in [6.45, 7) is 1.93. The van der Waals surface area contributed by atoms with Gasteiger partial charge in [-0.3, -0.25) is 4.79 Å². The number of furan rings is 1. The van der Waals surface area contributed by atoms with E-state index in [9.17, 15) is 4.79 Å². The van der Waals surface area contributed by atoms with Gasteiger partial charge in [-0.15, -0.1) is 0 Å². The molecule has 0 amide bonds. The largest absolute Gasteiger partial charge is 0.438 e. The van der Waals surface area contributed by atoms with Crippen molar-refractivity contribution >= 4 is 12.2 Å². The third-order valence-electron chi connectivity index (χ3n) is 3.50. The Kier molecular flexibility index (Phi) is 2.89. The molecule has 0 bridgehead atoms. The van der Waals surface area contributed by atoms with Crippen LogP contribution in [0.15, 0.2) is 46.9 Å². The molecule has 1 saturated heterocycles. The molecular formula is C15H15NO2. The zero-order valence-corrected chi connectivity index (χ0v) is 10.1. The molecule has 3 heteroatoms. The van der Waals surface area contributed by atoms with E-state index in [1.54, 1.807) is 6.07 Å². The summed E-state index contributed by atoms with van der Waals surface area (Å²) in [6.07, 6.45) is 1.87. The molecule has 0 N–H and O–H groups in total. The second-order valence-electron chi connectivity index (χ2n) is 4.64. The molecule has 3 nitrogen and oxygen atoms in total. The zero-order chi connectivity index (χ0) is 12.4. The monoisotopic (exact) mass is 241 g/mol. The lowest BCUT2D eigenvalue weighted by Gasteiger charge is -2.15. The van der Waals surface area contributed by atoms with Crippen LogP contribution in [0.1, 0.15) is 28.5 Å². The summed E-state index contributed by atoms with van der Waals surface area (Å²) in [5.41, 5.74) is 1.38. The van der Waals surface area contributed by atoms with Gasteiger partial charge in [0.2, 0.25) is 0 Å². The molecule has 1 aromatic carbocycles. The number of rotatable bonds is 3. The summed E-state index contributed by atoms with van der Waals surface area (Å²) in [5, 5.41) is 0. The highest BCUT2D eigenvalue weighted by Crippen LogP contribution is 2.31. The van der Waals surface area contributed by atoms with Crippen LogP contribution < -0.4 is 4.90 Å². The SMILES string of the molecule is O=Cc1ccc(N2CCC(c3ccccc3)C2)o1. The fraction of sp³-hybridized carbons (Fsp3) is 0.267. The predicted molar refractivity (Wildman–Crippen MR) is 70.1 cm³/mol. The molecule has 1 aliphatic heterocycles. The fourth-order valence-corrected chi connectivity index (χ4v) is 2.53. The summed E-state index contributed by atoms with van der Waals surface area (Å²) in [4.78, 5) is 12.8. The van der Waals surface area contributed by atoms with Crippen molar-refractivity contribution in [2.75, 3.05) is 18.0 Å². The highest BCUT2D eigenvalue weighted by atomic mass is 16.4. The third kappa shape index (κ3) is 2.04. The minimum absolute atomic E-state index is 0.396. The molecule has 1 unspecified atom stereocenters. The van der Waals surface area contributed by atoms with Crippen LogP contribution in [0.2, 0.25) is 0 Å². The number of aldehydes is 1. The van der Waals surface area contributed by atoms with Crippen molar-refractivity contribution < 1.29 is 9.21 Å². The van der Waals surface area contributed by atoms with Gasteiger partial charge in [-0.1, -0.05) is 30.3 Å². The first kappa shape index (κ1) is 11.1. The number of anilines is 1. The second-order valence-corrected chi connectivity index (χ2v) is 4.64. The Hall–Kier alpha value is -2.03. The van der Waals surface area contributed by atoms with Gasteiger partial charge >= 0.3 is 0 Å². The lowest BCUT2D eigenvalue weighted by molar-refractivity contribution is 0.110. The zero-order valence-electron chi connectivity index (χ0n) is 10.1. The molecule has 1 atom stereocenters. The van der Waals surface area contributed by atoms with E-state index in [-0.39, 0.29) is 0 Å². The van der Waals surface area contributed by atoms with Gasteiger partial charge in [0, 0.05) is 25.1 Å². The van der Waals surface area contributed by atoms with Crippen LogP contribution in [0.5, 0.6) is 0 Å². The standard InChI is InChI=1S/C15H15NO2/c17-11-14-6-7-15(18-14)16-9-8-13(10-16)12-4-2-1-3-5-12/h1-7,11,13H,8-10H2. The summed E-state index contributed by atoms with van der Waals surface area (Å²) >= 11 is 0. The average Bonchev–Trinajstić information content (AvgIpc) is 3.08. The molecule has 1 aliphatic rings. The summed E-state index contributed by atoms with van der Waals surface area (Å²) < 4.78 is 5.46. The topological polar surface area (TPSA) is 33.5 Å². The highest BCUT2D eigenvalue weighted by Gasteiger charge is 2.25. The minimum Gasteiger partial charge on any atom is -0.438 e. The van der Waals surface area contributed by atoms with Crippen LogP contribution >= 0.6 is 0 Å². The van der Waals surface area contributed by atoms with E-state index in [1.165, 1.54) is 5.56 Å². The molecule has 1 aromatic heterocycles. The normalized spacial score (nSPS) is 19.1. The number of carbonyl (C=O) groups excluding carboxylic acids is 1. The van der Waals surface area contributed by atoms with Gasteiger partial charge in [0.25, 0.3) is 0 Å². The van der Waals surface area contributed by atoms with Crippen molar-refractivity contribution in [3.63, 3.8) is 0 Å². The van der Waals surface area contributed by atoms with Crippen LogP contribution in [0.3, 0.4) is 0 Å². The minimum atomic E-state index is 0.396. The molecule has 0 saturated carbocycles. The van der Waals surface area contributed by atoms with E-state index < -0.39 is 0 Å². The second kappa shape index (κ2) is 4.69. The van der Waals surface area contributed by atoms with Crippen molar-refractivity contribution in [2.24, 2.45) is 0 Å². The van der Waals surface area contributed by atoms with Crippen molar-refractivity contribution in [3.8, 4) is 0 Å². The molecule has 0 aliphatic carbocycles. The van der Waals surface area contributed by atoms with Crippen LogP contribution in [0, 0.1) is 0 Å². The maximum absolute atomic E-state index is 10.6. The van der Waals surface area contributed by atoms with Gasteiger partial charge in [-0.2, -0.15) is 0 Å². The first-order valence-electron chi connectivity index (χ1n) is 6.22. The number of carbonyl (C=O) groups is 1. The number of hydrogen-bond acceptors (Lipinski definition) is 3. The lowest BCUT2D eigenvalue weighted by Crippen LogP contribution is -2.18. The first-order chi connectivity index (χ1) is 8.86. The van der Waals surface area contributed by atoms with Crippen molar-refractivity contribution in [3.05, 3.63) is 53.8 Å². The third-order valence-corrected chi connectivity index (χ3v) is 3.50. The first-order valence-corrected chi connectivity index (χ1v) is 6.22. The molecule has 18 heavy (non-hydrogen) atoms. The number of benzene rings is 1. The summed E-state index contributed by atoms with van der Waals surface area (Å²) in [7, 11) is 0. The highest BCUT2D eigenvalue weighted by molar-refractivity contribution is 5.71. The smallest absolute Gasteiger partial charge is 0.196 e. The average molecular weight is 241 g/mol. The Bertz CT molecular complexity index is 532. The molecule has 92 valence electrons. The van der Waals surface area contributed by atoms with Gasteiger partial charge in [-0.05, 0) is 18.1 Å². The van der Waals surface area contributed by atoms with E-state index in [0.29, 0.717) is 11.7 Å². The molecule has 3 rings (SSSR count). The van der Waals surface area contributed by atoms with Crippen LogP contribution in [0.4, 0.5) is 5.88 Å². The molecule has 0 radical (unpaired) electrons. The maximum atomic E-state index is 10.6. The van der Waals surface area contributed by atoms with E-state index in [4.69, 9.17) is 4.42 Å². The Morgan fingerprint density at radius 3 is 2.72 bits per heavy atom. The molecular weight excluding hydrogens is 226 g/mol. The van der Waals surface area contributed by atoms with Gasteiger partial charge in [0.05, 0.1) is 0 Å². The quantitative estimate of drug-likeness (QED) is 0.774. The Morgan fingerprint density at radius 1 is 1.17 bits per heavy atom. The predicted octanol–water partition coefficient (Wildman–Crippen LogP) is 3.09. The number of nitrogens with zero attached hydrogens (tertiary/aromatic N) is 1. The molecule has 1 fully saturated rings. The van der Waals surface area contributed by atoms with Crippen LogP contribution in [-0.4, -0.2) is 19.4 Å². The van der Waals surface area contributed by atoms with Crippen molar-refractivity contribution in [2.45, 2.75) is 12.3 Å². The van der Waals surface area contributed by atoms with Gasteiger partial charge in [0.15, 0.2) is 17.9 Å². The Morgan fingerprint density at radius 2 is 2.00 bits per heavy atom. The van der Waals surface area contributed by atoms with E-state index in [1.807, 2.05) is 12.1 Å². The summed E-state index contributed by atoms with van der Waals surface area (Å²) in [6, 6.07) is 14.1. The Balaban J connectivity index is 1.73. The van der Waals surface area contributed by atoms with Crippen molar-refractivity contribution in [1.29, 1.82) is 0 Å². The fourth-order valence-electron chi connectivity index (χ4n) is 2.53. The van der Waals surface area contributed by atoms with Crippen molar-refractivity contribution in [1.82, 2.24) is 0 Å². The van der Waals surface area contributed by atoms with Gasteiger partial charge in [-0.25, -0.2) is 0 Å². The molecule has 0 spiro atoms. The van der Waals surface area contributed by atoms with Crippen LogP contribution in [0.25, 0.3) is 0 Å². The van der Waals surface area contributed by atoms with Crippen LogP contribution in [-0.2, 0) is 0 Å². The van der Waals surface area contributed by atoms with E-state index >= 15 is 0 Å². The summed E-state index contributed by atoms with van der Waals surface area (Å²) in [5.74, 6) is 1.75. The lowest BCUT2D eigenvalue weighted by atomic mass is 9.99. The van der Waals surface area contributed by atoms with Gasteiger partial charge in [0.1, 0.15) is 0 Å². The number of hydrogen-bond donors (Lipinski definition) is 0. The Labute approximate surface area is 106 Å². The van der Waals surface area contributed by atoms with E-state index in [2.05, 4.69) is 29.2 Å².